The summed E-state index contributed by atoms with van der Waals surface area (Å²) in [6.45, 7) is 3.20. The van der Waals surface area contributed by atoms with Crippen LogP contribution in [0.3, 0.4) is 0 Å². The summed E-state index contributed by atoms with van der Waals surface area (Å²) < 4.78 is 0. The highest BCUT2D eigenvalue weighted by molar-refractivity contribution is 7.81. The Kier molecular flexibility index (Phi) is 2.99. The minimum absolute atomic E-state index is 0.106. The van der Waals surface area contributed by atoms with Gasteiger partial charge in [-0.1, -0.05) is 0 Å². The lowest BCUT2D eigenvalue weighted by molar-refractivity contribution is -0.130. The molecule has 2 atom stereocenters. The van der Waals surface area contributed by atoms with Gasteiger partial charge < -0.3 is 10.0 Å². The molecular formula is C9H16N2O2S. The molecule has 2 saturated heterocycles. The minimum Gasteiger partial charge on any atom is -0.392 e. The summed E-state index contributed by atoms with van der Waals surface area (Å²) in [7, 11) is 0. The Morgan fingerprint density at radius 2 is 2.21 bits per heavy atom. The highest BCUT2D eigenvalue weighted by atomic mass is 32.1. The summed E-state index contributed by atoms with van der Waals surface area (Å²) in [5.74, 6) is 0.393. The molecular weight excluding hydrogens is 200 g/mol. The first-order valence-electron chi connectivity index (χ1n) is 5.01. The molecule has 0 saturated carbocycles. The predicted octanol–water partition coefficient (Wildman–Crippen LogP) is -0.806. The van der Waals surface area contributed by atoms with Crippen molar-refractivity contribution in [2.24, 2.45) is 0 Å². The van der Waals surface area contributed by atoms with Gasteiger partial charge in [0, 0.05) is 32.2 Å². The molecule has 2 heterocycles. The fraction of sp³-hybridized carbons (Fsp3) is 0.889. The largest absolute Gasteiger partial charge is 0.392 e. The average Bonchev–Trinajstić information content (AvgIpc) is 2.55. The van der Waals surface area contributed by atoms with Crippen LogP contribution < -0.4 is 0 Å². The molecule has 4 nitrogen and oxygen atoms in total. The van der Waals surface area contributed by atoms with Crippen LogP contribution in [-0.2, 0) is 4.79 Å². The van der Waals surface area contributed by atoms with Crippen LogP contribution in [0.15, 0.2) is 0 Å². The number of nitrogens with zero attached hydrogens (tertiary/aromatic N) is 2. The van der Waals surface area contributed by atoms with Gasteiger partial charge in [0.1, 0.15) is 0 Å². The Hall–Kier alpha value is -0.260. The molecule has 5 heteroatoms. The van der Waals surface area contributed by atoms with Gasteiger partial charge in [-0.25, -0.2) is 0 Å². The predicted molar refractivity (Wildman–Crippen MR) is 56.4 cm³/mol. The summed E-state index contributed by atoms with van der Waals surface area (Å²) >= 11 is 3.99. The first-order chi connectivity index (χ1) is 6.70. The highest BCUT2D eigenvalue weighted by Gasteiger charge is 2.36. The second kappa shape index (κ2) is 4.08. The third kappa shape index (κ3) is 1.89. The van der Waals surface area contributed by atoms with E-state index < -0.39 is 0 Å². The molecule has 1 N–H and O–H groups in total. The quantitative estimate of drug-likeness (QED) is 0.564. The Morgan fingerprint density at radius 3 is 2.93 bits per heavy atom. The van der Waals surface area contributed by atoms with E-state index >= 15 is 0 Å². The lowest BCUT2D eigenvalue weighted by Crippen LogP contribution is -2.52. The van der Waals surface area contributed by atoms with Crippen LogP contribution in [0.1, 0.15) is 6.42 Å². The topological polar surface area (TPSA) is 43.8 Å². The number of thiol groups is 1. The van der Waals surface area contributed by atoms with E-state index in [4.69, 9.17) is 0 Å². The van der Waals surface area contributed by atoms with E-state index in [-0.39, 0.29) is 17.8 Å². The SMILES string of the molecule is O=C(CS)N1CCN2CC(O)CC2C1. The van der Waals surface area contributed by atoms with Crippen LogP contribution in [-0.4, -0.2) is 64.9 Å². The fourth-order valence-electron chi connectivity index (χ4n) is 2.34. The highest BCUT2D eigenvalue weighted by Crippen LogP contribution is 2.21. The van der Waals surface area contributed by atoms with Crippen molar-refractivity contribution in [2.45, 2.75) is 18.6 Å². The third-order valence-corrected chi connectivity index (χ3v) is 3.35. The van der Waals surface area contributed by atoms with Crippen molar-refractivity contribution >= 4 is 18.5 Å². The summed E-state index contributed by atoms with van der Waals surface area (Å²) in [5, 5.41) is 9.48. The number of aliphatic hydroxyl groups excluding tert-OH is 1. The van der Waals surface area contributed by atoms with E-state index in [1.54, 1.807) is 0 Å². The molecule has 2 unspecified atom stereocenters. The number of carbonyl (C=O) groups excluding carboxylic acids is 1. The normalized spacial score (nSPS) is 33.1. The van der Waals surface area contributed by atoms with Crippen molar-refractivity contribution < 1.29 is 9.90 Å². The van der Waals surface area contributed by atoms with Gasteiger partial charge in [0.15, 0.2) is 0 Å². The maximum absolute atomic E-state index is 11.4. The van der Waals surface area contributed by atoms with E-state index in [9.17, 15) is 9.90 Å². The molecule has 2 fully saturated rings. The molecule has 0 radical (unpaired) electrons. The Bertz CT molecular complexity index is 237. The van der Waals surface area contributed by atoms with Gasteiger partial charge in [0.2, 0.25) is 5.91 Å². The number of aliphatic hydroxyl groups is 1. The lowest BCUT2D eigenvalue weighted by Gasteiger charge is -2.37. The van der Waals surface area contributed by atoms with Gasteiger partial charge >= 0.3 is 0 Å². The first kappa shape index (κ1) is 10.3. The number of fused-ring (bicyclic) bond motifs is 1. The number of hydrogen-bond donors (Lipinski definition) is 2. The molecule has 80 valence electrons. The fourth-order valence-corrected chi connectivity index (χ4v) is 2.54. The molecule has 14 heavy (non-hydrogen) atoms. The average molecular weight is 216 g/mol. The second-order valence-electron chi connectivity index (χ2n) is 4.04. The van der Waals surface area contributed by atoms with Crippen LogP contribution >= 0.6 is 12.6 Å². The van der Waals surface area contributed by atoms with Crippen molar-refractivity contribution in [3.8, 4) is 0 Å². The molecule has 2 aliphatic rings. The maximum atomic E-state index is 11.4. The standard InChI is InChI=1S/C9H16N2O2S/c12-8-3-7-4-11(9(13)6-14)2-1-10(7)5-8/h7-8,12,14H,1-6H2. The van der Waals surface area contributed by atoms with Crippen LogP contribution in [0.25, 0.3) is 0 Å². The Balaban J connectivity index is 1.94. The third-order valence-electron chi connectivity index (χ3n) is 3.08. The van der Waals surface area contributed by atoms with E-state index in [0.29, 0.717) is 6.04 Å². The number of rotatable bonds is 1. The Labute approximate surface area is 89.3 Å². The number of piperazine rings is 1. The van der Waals surface area contributed by atoms with Crippen molar-refractivity contribution in [1.82, 2.24) is 9.80 Å². The molecule has 0 aromatic carbocycles. The van der Waals surface area contributed by atoms with Crippen LogP contribution in [0, 0.1) is 0 Å². The van der Waals surface area contributed by atoms with Crippen molar-refractivity contribution in [1.29, 1.82) is 0 Å². The summed E-state index contributed by atoms with van der Waals surface area (Å²) in [6.07, 6.45) is 0.599. The van der Waals surface area contributed by atoms with E-state index in [1.807, 2.05) is 4.90 Å². The summed E-state index contributed by atoms with van der Waals surface area (Å²) in [4.78, 5) is 15.5. The minimum atomic E-state index is -0.203. The van der Waals surface area contributed by atoms with E-state index in [2.05, 4.69) is 17.5 Å². The lowest BCUT2D eigenvalue weighted by atomic mass is 10.1. The number of hydrogen-bond acceptors (Lipinski definition) is 4. The van der Waals surface area contributed by atoms with Gasteiger partial charge in [-0.15, -0.1) is 0 Å². The van der Waals surface area contributed by atoms with Crippen molar-refractivity contribution in [2.75, 3.05) is 31.9 Å². The van der Waals surface area contributed by atoms with Gasteiger partial charge in [-0.2, -0.15) is 12.6 Å². The molecule has 1 amide bonds. The van der Waals surface area contributed by atoms with Gasteiger partial charge in [-0.3, -0.25) is 9.69 Å². The Morgan fingerprint density at radius 1 is 1.43 bits per heavy atom. The van der Waals surface area contributed by atoms with E-state index in [1.165, 1.54) is 0 Å². The molecule has 0 aromatic heterocycles. The van der Waals surface area contributed by atoms with E-state index in [0.717, 1.165) is 32.6 Å². The van der Waals surface area contributed by atoms with Crippen molar-refractivity contribution in [3.05, 3.63) is 0 Å². The van der Waals surface area contributed by atoms with Crippen LogP contribution in [0.4, 0.5) is 0 Å². The molecule has 0 bridgehead atoms. The van der Waals surface area contributed by atoms with Gasteiger partial charge in [0.05, 0.1) is 11.9 Å². The van der Waals surface area contributed by atoms with Crippen molar-refractivity contribution in [3.63, 3.8) is 0 Å². The number of carbonyl (C=O) groups is 1. The molecule has 0 spiro atoms. The smallest absolute Gasteiger partial charge is 0.232 e. The van der Waals surface area contributed by atoms with Crippen LogP contribution in [0.2, 0.25) is 0 Å². The summed E-state index contributed by atoms with van der Waals surface area (Å²) in [6, 6.07) is 0.364. The zero-order valence-corrected chi connectivity index (χ0v) is 8.99. The van der Waals surface area contributed by atoms with Gasteiger partial charge in [0.25, 0.3) is 0 Å². The summed E-state index contributed by atoms with van der Waals surface area (Å²) in [5.41, 5.74) is 0. The zero-order chi connectivity index (χ0) is 10.1. The monoisotopic (exact) mass is 216 g/mol. The molecule has 2 aliphatic heterocycles. The first-order valence-corrected chi connectivity index (χ1v) is 5.64. The van der Waals surface area contributed by atoms with Gasteiger partial charge in [-0.05, 0) is 6.42 Å². The molecule has 2 rings (SSSR count). The van der Waals surface area contributed by atoms with Crippen LogP contribution in [0.5, 0.6) is 0 Å². The maximum Gasteiger partial charge on any atom is 0.232 e. The number of amides is 1. The molecule has 0 aromatic rings. The zero-order valence-electron chi connectivity index (χ0n) is 8.09. The second-order valence-corrected chi connectivity index (χ2v) is 4.35. The molecule has 0 aliphatic carbocycles.